The Balaban J connectivity index is 1.75. The van der Waals surface area contributed by atoms with Crippen LogP contribution in [0, 0.1) is 0 Å². The van der Waals surface area contributed by atoms with Crippen LogP contribution in [-0.2, 0) is 6.54 Å². The Hall–Kier alpha value is -1.50. The summed E-state index contributed by atoms with van der Waals surface area (Å²) in [6, 6.07) is 14.5. The second kappa shape index (κ2) is 8.74. The van der Waals surface area contributed by atoms with Crippen molar-refractivity contribution in [3.05, 3.63) is 58.3 Å². The van der Waals surface area contributed by atoms with Crippen LogP contribution in [0.2, 0.25) is 0 Å². The summed E-state index contributed by atoms with van der Waals surface area (Å²) in [6.45, 7) is 0.776. The zero-order valence-corrected chi connectivity index (χ0v) is 16.8. The van der Waals surface area contributed by atoms with Gasteiger partial charge in [0.15, 0.2) is 0 Å². The van der Waals surface area contributed by atoms with Gasteiger partial charge in [0.05, 0.1) is 28.7 Å². The third kappa shape index (κ3) is 4.57. The van der Waals surface area contributed by atoms with Gasteiger partial charge >= 0.3 is 0 Å². The topological polar surface area (TPSA) is 49.9 Å². The zero-order valence-electron chi connectivity index (χ0n) is 14.4. The smallest absolute Gasteiger partial charge is 0.133 e. The minimum atomic E-state index is 0.195. The number of nitrogens with one attached hydrogen (secondary N) is 2. The van der Waals surface area contributed by atoms with E-state index in [1.165, 1.54) is 5.56 Å². The van der Waals surface area contributed by atoms with Crippen LogP contribution >= 0.6 is 27.7 Å². The summed E-state index contributed by atoms with van der Waals surface area (Å²) in [6.07, 6.45) is 3.16. The minimum absolute atomic E-state index is 0.195. The standard InChI is InChI=1S/C19H22BrN3OS/c1-24-18-8-7-13(11-14(18)20)12-21-17(9-10-25-2)19-22-15-5-3-4-6-16(15)23-19/h3-8,11,17,21H,9-10,12H2,1-2H3,(H,22,23)/t17-/m1/s1. The van der Waals surface area contributed by atoms with Gasteiger partial charge in [-0.05, 0) is 64.2 Å². The lowest BCUT2D eigenvalue weighted by Gasteiger charge is -2.17. The van der Waals surface area contributed by atoms with Gasteiger partial charge in [-0.2, -0.15) is 11.8 Å². The number of para-hydroxylation sites is 2. The number of ether oxygens (including phenoxy) is 1. The Labute approximate surface area is 160 Å². The number of imidazole rings is 1. The van der Waals surface area contributed by atoms with Gasteiger partial charge in [-0.15, -0.1) is 0 Å². The van der Waals surface area contributed by atoms with E-state index in [1.807, 2.05) is 36.0 Å². The maximum Gasteiger partial charge on any atom is 0.133 e. The van der Waals surface area contributed by atoms with Gasteiger partial charge in [-0.25, -0.2) is 4.98 Å². The Morgan fingerprint density at radius 2 is 2.12 bits per heavy atom. The molecule has 3 aromatic rings. The molecule has 2 N–H and O–H groups in total. The maximum atomic E-state index is 5.30. The predicted octanol–water partition coefficient (Wildman–Crippen LogP) is 4.92. The van der Waals surface area contributed by atoms with Crippen LogP contribution in [-0.4, -0.2) is 29.1 Å². The molecule has 0 aliphatic rings. The summed E-state index contributed by atoms with van der Waals surface area (Å²) in [5.41, 5.74) is 3.30. The molecule has 0 saturated heterocycles. The van der Waals surface area contributed by atoms with Crippen molar-refractivity contribution in [2.45, 2.75) is 19.0 Å². The van der Waals surface area contributed by atoms with Crippen LogP contribution < -0.4 is 10.1 Å². The number of halogens is 1. The highest BCUT2D eigenvalue weighted by Gasteiger charge is 2.15. The molecule has 0 spiro atoms. The van der Waals surface area contributed by atoms with Crippen molar-refractivity contribution in [1.82, 2.24) is 15.3 Å². The highest BCUT2D eigenvalue weighted by atomic mass is 79.9. The predicted molar refractivity (Wildman–Crippen MR) is 109 cm³/mol. The molecule has 0 aliphatic carbocycles. The number of fused-ring (bicyclic) bond motifs is 1. The maximum absolute atomic E-state index is 5.30. The van der Waals surface area contributed by atoms with Crippen molar-refractivity contribution in [3.63, 3.8) is 0 Å². The second-order valence-electron chi connectivity index (χ2n) is 5.82. The fourth-order valence-electron chi connectivity index (χ4n) is 2.77. The summed E-state index contributed by atoms with van der Waals surface area (Å²) in [4.78, 5) is 8.22. The molecule has 1 aromatic heterocycles. The van der Waals surface area contributed by atoms with Crippen molar-refractivity contribution < 1.29 is 4.74 Å². The summed E-state index contributed by atoms with van der Waals surface area (Å²) < 4.78 is 6.27. The molecule has 1 heterocycles. The van der Waals surface area contributed by atoms with E-state index < -0.39 is 0 Å². The minimum Gasteiger partial charge on any atom is -0.496 e. The molecule has 0 saturated carbocycles. The molecule has 1 atom stereocenters. The van der Waals surface area contributed by atoms with Gasteiger partial charge in [0.2, 0.25) is 0 Å². The number of nitrogens with zero attached hydrogens (tertiary/aromatic N) is 1. The van der Waals surface area contributed by atoms with Gasteiger partial charge in [0.1, 0.15) is 11.6 Å². The van der Waals surface area contributed by atoms with Crippen LogP contribution in [0.15, 0.2) is 46.9 Å². The molecular weight excluding hydrogens is 398 g/mol. The molecule has 0 aliphatic heterocycles. The molecule has 132 valence electrons. The normalized spacial score (nSPS) is 12.4. The number of aromatic amines is 1. The van der Waals surface area contributed by atoms with Gasteiger partial charge in [0.25, 0.3) is 0 Å². The summed E-state index contributed by atoms with van der Waals surface area (Å²) >= 11 is 5.40. The molecule has 0 fully saturated rings. The molecule has 0 bridgehead atoms. The van der Waals surface area contributed by atoms with Crippen LogP contribution in [0.4, 0.5) is 0 Å². The number of aromatic nitrogens is 2. The molecular formula is C19H22BrN3OS. The number of rotatable bonds is 8. The highest BCUT2D eigenvalue weighted by molar-refractivity contribution is 9.10. The van der Waals surface area contributed by atoms with Crippen LogP contribution in [0.25, 0.3) is 11.0 Å². The SMILES string of the molecule is COc1ccc(CN[C@H](CCSC)c2nc3ccccc3[nH]2)cc1Br. The fourth-order valence-corrected chi connectivity index (χ4v) is 3.83. The molecule has 0 radical (unpaired) electrons. The van der Waals surface area contributed by atoms with E-state index in [0.717, 1.165) is 45.8 Å². The molecule has 0 amide bonds. The van der Waals surface area contributed by atoms with E-state index in [2.05, 4.69) is 50.7 Å². The zero-order chi connectivity index (χ0) is 17.6. The second-order valence-corrected chi connectivity index (χ2v) is 7.66. The van der Waals surface area contributed by atoms with E-state index >= 15 is 0 Å². The first-order valence-electron chi connectivity index (χ1n) is 8.20. The first-order valence-corrected chi connectivity index (χ1v) is 10.4. The monoisotopic (exact) mass is 419 g/mol. The summed E-state index contributed by atoms with van der Waals surface area (Å²) in [7, 11) is 1.68. The average molecular weight is 420 g/mol. The van der Waals surface area contributed by atoms with E-state index in [0.29, 0.717) is 0 Å². The van der Waals surface area contributed by atoms with E-state index in [4.69, 9.17) is 9.72 Å². The van der Waals surface area contributed by atoms with Gasteiger partial charge in [0, 0.05) is 6.54 Å². The van der Waals surface area contributed by atoms with Crippen molar-refractivity contribution in [3.8, 4) is 5.75 Å². The fraction of sp³-hybridized carbons (Fsp3) is 0.316. The number of benzene rings is 2. The lowest BCUT2D eigenvalue weighted by atomic mass is 10.1. The van der Waals surface area contributed by atoms with Gasteiger partial charge in [-0.1, -0.05) is 18.2 Å². The third-order valence-electron chi connectivity index (χ3n) is 4.12. The van der Waals surface area contributed by atoms with Crippen molar-refractivity contribution in [1.29, 1.82) is 0 Å². The summed E-state index contributed by atoms with van der Waals surface area (Å²) in [5, 5.41) is 3.64. The van der Waals surface area contributed by atoms with Crippen LogP contribution in [0.5, 0.6) is 5.75 Å². The number of H-pyrrole nitrogens is 1. The largest absolute Gasteiger partial charge is 0.496 e. The molecule has 3 rings (SSSR count). The van der Waals surface area contributed by atoms with Crippen LogP contribution in [0.3, 0.4) is 0 Å². The molecule has 4 nitrogen and oxygen atoms in total. The van der Waals surface area contributed by atoms with Crippen LogP contribution in [0.1, 0.15) is 23.9 Å². The third-order valence-corrected chi connectivity index (χ3v) is 5.38. The Morgan fingerprint density at radius 1 is 1.28 bits per heavy atom. The average Bonchev–Trinajstić information content (AvgIpc) is 3.06. The van der Waals surface area contributed by atoms with Gasteiger partial charge < -0.3 is 15.0 Å². The number of hydrogen-bond donors (Lipinski definition) is 2. The van der Waals surface area contributed by atoms with E-state index in [1.54, 1.807) is 7.11 Å². The molecule has 0 unspecified atom stereocenters. The molecule has 25 heavy (non-hydrogen) atoms. The number of hydrogen-bond acceptors (Lipinski definition) is 4. The Morgan fingerprint density at radius 3 is 2.84 bits per heavy atom. The number of thioether (sulfide) groups is 1. The Kier molecular flexibility index (Phi) is 6.39. The highest BCUT2D eigenvalue weighted by Crippen LogP contribution is 2.26. The first kappa shape index (κ1) is 18.3. The lowest BCUT2D eigenvalue weighted by Crippen LogP contribution is -2.22. The lowest BCUT2D eigenvalue weighted by molar-refractivity contribution is 0.411. The molecule has 6 heteroatoms. The summed E-state index contributed by atoms with van der Waals surface area (Å²) in [5.74, 6) is 2.93. The van der Waals surface area contributed by atoms with Crippen molar-refractivity contribution in [2.75, 3.05) is 19.1 Å². The first-order chi connectivity index (χ1) is 12.2. The Bertz CT molecular complexity index is 803. The van der Waals surface area contributed by atoms with E-state index in [-0.39, 0.29) is 6.04 Å². The van der Waals surface area contributed by atoms with Gasteiger partial charge in [-0.3, -0.25) is 0 Å². The van der Waals surface area contributed by atoms with E-state index in [9.17, 15) is 0 Å². The van der Waals surface area contributed by atoms with Crippen molar-refractivity contribution in [2.24, 2.45) is 0 Å². The number of methoxy groups -OCH3 is 1. The van der Waals surface area contributed by atoms with Crippen molar-refractivity contribution >= 4 is 38.7 Å². The quantitative estimate of drug-likeness (QED) is 0.543. The molecule has 2 aromatic carbocycles.